The summed E-state index contributed by atoms with van der Waals surface area (Å²) in [6, 6.07) is 9.77. The van der Waals surface area contributed by atoms with E-state index in [1.54, 1.807) is 17.5 Å². The molecule has 1 saturated heterocycles. The number of amides is 1. The van der Waals surface area contributed by atoms with E-state index in [0.29, 0.717) is 6.54 Å². The minimum absolute atomic E-state index is 0.0142. The molecular weight excluding hydrogens is 322 g/mol. The van der Waals surface area contributed by atoms with Gasteiger partial charge in [-0.15, -0.1) is 11.3 Å². The highest BCUT2D eigenvalue weighted by atomic mass is 32.1. The van der Waals surface area contributed by atoms with Gasteiger partial charge in [0.25, 0.3) is 0 Å². The van der Waals surface area contributed by atoms with E-state index in [1.807, 2.05) is 49.6 Å². The molecule has 3 atom stereocenters. The van der Waals surface area contributed by atoms with E-state index in [2.05, 4.69) is 15.2 Å². The summed E-state index contributed by atoms with van der Waals surface area (Å²) in [7, 11) is 0. The fourth-order valence-corrected chi connectivity index (χ4v) is 3.85. The van der Waals surface area contributed by atoms with Crippen LogP contribution in [-0.4, -0.2) is 47.6 Å². The highest BCUT2D eigenvalue weighted by molar-refractivity contribution is 7.09. The second-order valence-electron chi connectivity index (χ2n) is 6.23. The van der Waals surface area contributed by atoms with Crippen LogP contribution in [0.4, 0.5) is 0 Å². The summed E-state index contributed by atoms with van der Waals surface area (Å²) in [5, 5.41) is 5.97. The minimum Gasteiger partial charge on any atom is -0.373 e. The molecular formula is C18H23N3O2S. The number of benzene rings is 1. The van der Waals surface area contributed by atoms with Gasteiger partial charge in [-0.3, -0.25) is 9.69 Å². The van der Waals surface area contributed by atoms with Crippen LogP contribution in [0.3, 0.4) is 0 Å². The molecule has 2 heterocycles. The molecule has 1 aliphatic rings. The molecule has 0 spiro atoms. The topological polar surface area (TPSA) is 54.5 Å². The molecule has 128 valence electrons. The average Bonchev–Trinajstić information content (AvgIpc) is 3.06. The van der Waals surface area contributed by atoms with Crippen LogP contribution in [0, 0.1) is 0 Å². The first-order valence-electron chi connectivity index (χ1n) is 8.23. The van der Waals surface area contributed by atoms with Crippen molar-refractivity contribution in [1.82, 2.24) is 15.2 Å². The molecule has 0 aliphatic carbocycles. The zero-order chi connectivity index (χ0) is 16.9. The van der Waals surface area contributed by atoms with Gasteiger partial charge in [0.2, 0.25) is 5.91 Å². The van der Waals surface area contributed by atoms with Gasteiger partial charge < -0.3 is 10.1 Å². The molecule has 0 saturated carbocycles. The summed E-state index contributed by atoms with van der Waals surface area (Å²) in [5.74, 6) is 0.0142. The first-order valence-corrected chi connectivity index (χ1v) is 9.11. The first kappa shape index (κ1) is 17.1. The number of hydrogen-bond acceptors (Lipinski definition) is 5. The predicted molar refractivity (Wildman–Crippen MR) is 95.0 cm³/mol. The van der Waals surface area contributed by atoms with Crippen molar-refractivity contribution in [2.45, 2.75) is 32.1 Å². The summed E-state index contributed by atoms with van der Waals surface area (Å²) in [5.41, 5.74) is 1.05. The van der Waals surface area contributed by atoms with Gasteiger partial charge >= 0.3 is 0 Å². The van der Waals surface area contributed by atoms with E-state index < -0.39 is 0 Å². The maximum absolute atomic E-state index is 12.6. The molecule has 1 aromatic heterocycles. The van der Waals surface area contributed by atoms with Crippen molar-refractivity contribution in [3.63, 3.8) is 0 Å². The van der Waals surface area contributed by atoms with Gasteiger partial charge in [-0.25, -0.2) is 4.98 Å². The average molecular weight is 345 g/mol. The molecule has 1 aromatic carbocycles. The van der Waals surface area contributed by atoms with Crippen molar-refractivity contribution >= 4 is 17.2 Å². The number of nitrogens with zero attached hydrogens (tertiary/aromatic N) is 2. The van der Waals surface area contributed by atoms with E-state index in [-0.39, 0.29) is 24.2 Å². The Hall–Kier alpha value is -1.76. The molecule has 5 nitrogen and oxygen atoms in total. The predicted octanol–water partition coefficient (Wildman–Crippen LogP) is 2.46. The van der Waals surface area contributed by atoms with Gasteiger partial charge in [0.1, 0.15) is 11.0 Å². The Balaban J connectivity index is 1.68. The summed E-state index contributed by atoms with van der Waals surface area (Å²) in [4.78, 5) is 19.1. The molecule has 6 heteroatoms. The number of morpholine rings is 1. The van der Waals surface area contributed by atoms with E-state index in [4.69, 9.17) is 4.74 Å². The standard InChI is InChI=1S/C18H23N3O2S/c1-13-10-21(11-14(2)23-13)12-16(22)20-17(18-19-8-9-24-18)15-6-4-3-5-7-15/h3-9,13-14,17H,10-12H2,1-2H3,(H,20,22)/t13-,14-,17-/m1/s1. The number of thiazole rings is 1. The van der Waals surface area contributed by atoms with Gasteiger partial charge in [-0.1, -0.05) is 30.3 Å². The molecule has 1 N–H and O–H groups in total. The van der Waals surface area contributed by atoms with E-state index in [1.165, 1.54) is 0 Å². The number of nitrogens with one attached hydrogen (secondary N) is 1. The van der Waals surface area contributed by atoms with Gasteiger partial charge in [-0.05, 0) is 19.4 Å². The lowest BCUT2D eigenvalue weighted by Crippen LogP contribution is -2.49. The van der Waals surface area contributed by atoms with Crippen molar-refractivity contribution < 1.29 is 9.53 Å². The first-order chi connectivity index (χ1) is 11.6. The maximum Gasteiger partial charge on any atom is 0.235 e. The fraction of sp³-hybridized carbons (Fsp3) is 0.444. The van der Waals surface area contributed by atoms with Gasteiger partial charge in [0, 0.05) is 24.7 Å². The molecule has 0 unspecified atom stereocenters. The second-order valence-corrected chi connectivity index (χ2v) is 7.16. The lowest BCUT2D eigenvalue weighted by Gasteiger charge is -2.35. The van der Waals surface area contributed by atoms with E-state index >= 15 is 0 Å². The van der Waals surface area contributed by atoms with Crippen LogP contribution in [-0.2, 0) is 9.53 Å². The van der Waals surface area contributed by atoms with Crippen LogP contribution in [0.1, 0.15) is 30.5 Å². The zero-order valence-electron chi connectivity index (χ0n) is 14.0. The Morgan fingerprint density at radius 2 is 2.04 bits per heavy atom. The number of hydrogen-bond donors (Lipinski definition) is 1. The molecule has 24 heavy (non-hydrogen) atoms. The summed E-state index contributed by atoms with van der Waals surface area (Å²) >= 11 is 1.56. The Morgan fingerprint density at radius 3 is 2.67 bits per heavy atom. The number of rotatable bonds is 5. The van der Waals surface area contributed by atoms with Crippen molar-refractivity contribution in [1.29, 1.82) is 0 Å². The zero-order valence-corrected chi connectivity index (χ0v) is 14.8. The van der Waals surface area contributed by atoms with Gasteiger partial charge in [-0.2, -0.15) is 0 Å². The van der Waals surface area contributed by atoms with Crippen LogP contribution >= 0.6 is 11.3 Å². The molecule has 1 fully saturated rings. The number of ether oxygens (including phenoxy) is 1. The minimum atomic E-state index is -0.199. The largest absolute Gasteiger partial charge is 0.373 e. The highest BCUT2D eigenvalue weighted by Gasteiger charge is 2.25. The van der Waals surface area contributed by atoms with Crippen molar-refractivity contribution in [2.75, 3.05) is 19.6 Å². The monoisotopic (exact) mass is 345 g/mol. The van der Waals surface area contributed by atoms with E-state index in [0.717, 1.165) is 23.7 Å². The van der Waals surface area contributed by atoms with Crippen molar-refractivity contribution in [3.8, 4) is 0 Å². The molecule has 3 rings (SSSR count). The quantitative estimate of drug-likeness (QED) is 0.904. The Bertz CT molecular complexity index is 638. The van der Waals surface area contributed by atoms with Crippen LogP contribution in [0.25, 0.3) is 0 Å². The van der Waals surface area contributed by atoms with Crippen LogP contribution in [0.2, 0.25) is 0 Å². The SMILES string of the molecule is C[C@@H]1CN(CC(=O)N[C@H](c2ccccc2)c2nccs2)C[C@@H](C)O1. The van der Waals surface area contributed by atoms with Gasteiger partial charge in [0.05, 0.1) is 18.8 Å². The molecule has 0 bridgehead atoms. The van der Waals surface area contributed by atoms with Crippen LogP contribution in [0.15, 0.2) is 41.9 Å². The summed E-state index contributed by atoms with van der Waals surface area (Å²) in [6.07, 6.45) is 2.09. The third kappa shape index (κ3) is 4.41. The van der Waals surface area contributed by atoms with E-state index in [9.17, 15) is 4.79 Å². The number of carbonyl (C=O) groups excluding carboxylic acids is 1. The van der Waals surface area contributed by atoms with Crippen molar-refractivity contribution in [3.05, 3.63) is 52.5 Å². The summed E-state index contributed by atoms with van der Waals surface area (Å²) in [6.45, 7) is 6.04. The smallest absolute Gasteiger partial charge is 0.235 e. The molecule has 2 aromatic rings. The maximum atomic E-state index is 12.6. The second kappa shape index (κ2) is 7.88. The number of aromatic nitrogens is 1. The molecule has 1 aliphatic heterocycles. The Labute approximate surface area is 146 Å². The Kier molecular flexibility index (Phi) is 5.60. The van der Waals surface area contributed by atoms with Crippen molar-refractivity contribution in [2.24, 2.45) is 0 Å². The lowest BCUT2D eigenvalue weighted by atomic mass is 10.1. The molecule has 0 radical (unpaired) electrons. The fourth-order valence-electron chi connectivity index (χ4n) is 3.13. The van der Waals surface area contributed by atoms with Crippen LogP contribution < -0.4 is 5.32 Å². The lowest BCUT2D eigenvalue weighted by molar-refractivity contribution is -0.126. The summed E-state index contributed by atoms with van der Waals surface area (Å²) < 4.78 is 5.73. The normalized spacial score (nSPS) is 22.9. The van der Waals surface area contributed by atoms with Crippen LogP contribution in [0.5, 0.6) is 0 Å². The third-order valence-corrected chi connectivity index (χ3v) is 4.84. The third-order valence-electron chi connectivity index (χ3n) is 4.00. The number of carbonyl (C=O) groups is 1. The Morgan fingerprint density at radius 1 is 1.33 bits per heavy atom. The highest BCUT2D eigenvalue weighted by Crippen LogP contribution is 2.23. The van der Waals surface area contributed by atoms with Gasteiger partial charge in [0.15, 0.2) is 0 Å². The molecule has 1 amide bonds.